The number of aryl methyl sites for hydroxylation is 1. The molecule has 0 radical (unpaired) electrons. The van der Waals surface area contributed by atoms with Gasteiger partial charge in [-0.3, -0.25) is 9.69 Å². The smallest absolute Gasteiger partial charge is 0.173 e. The SMILES string of the molecule is CCc1cccc2cc(C(=O)C[C@@H]3C4CCN(CC4)C3(C)C)sc12. The second kappa shape index (κ2) is 5.96. The Morgan fingerprint density at radius 1 is 1.29 bits per heavy atom. The van der Waals surface area contributed by atoms with Gasteiger partial charge in [-0.2, -0.15) is 0 Å². The van der Waals surface area contributed by atoms with Crippen molar-refractivity contribution in [1.29, 1.82) is 0 Å². The number of carbonyl (C=O) groups is 1. The summed E-state index contributed by atoms with van der Waals surface area (Å²) in [7, 11) is 0. The summed E-state index contributed by atoms with van der Waals surface area (Å²) in [5, 5.41) is 1.23. The van der Waals surface area contributed by atoms with Crippen LogP contribution in [0.2, 0.25) is 0 Å². The second-order valence-corrected chi connectivity index (χ2v) is 9.06. The first-order chi connectivity index (χ1) is 11.5. The van der Waals surface area contributed by atoms with E-state index in [9.17, 15) is 4.79 Å². The Bertz CT molecular complexity index is 767. The van der Waals surface area contributed by atoms with Crippen LogP contribution < -0.4 is 0 Å². The minimum absolute atomic E-state index is 0.169. The molecule has 1 aromatic carbocycles. The summed E-state index contributed by atoms with van der Waals surface area (Å²) >= 11 is 1.70. The van der Waals surface area contributed by atoms with Crippen LogP contribution in [0.25, 0.3) is 10.1 Å². The fourth-order valence-corrected chi connectivity index (χ4v) is 6.14. The first-order valence-corrected chi connectivity index (χ1v) is 10.1. The van der Waals surface area contributed by atoms with E-state index < -0.39 is 0 Å². The van der Waals surface area contributed by atoms with Crippen LogP contribution in [0.3, 0.4) is 0 Å². The van der Waals surface area contributed by atoms with Gasteiger partial charge in [0.05, 0.1) is 4.88 Å². The van der Waals surface area contributed by atoms with E-state index in [0.29, 0.717) is 18.1 Å². The van der Waals surface area contributed by atoms with E-state index >= 15 is 0 Å². The van der Waals surface area contributed by atoms with Crippen LogP contribution in [-0.4, -0.2) is 29.3 Å². The van der Waals surface area contributed by atoms with E-state index in [1.165, 1.54) is 41.6 Å². The number of hydrogen-bond acceptors (Lipinski definition) is 3. The molecule has 0 spiro atoms. The van der Waals surface area contributed by atoms with E-state index in [1.54, 1.807) is 11.3 Å². The van der Waals surface area contributed by atoms with Gasteiger partial charge in [-0.15, -0.1) is 11.3 Å². The fourth-order valence-electron chi connectivity index (χ4n) is 4.95. The van der Waals surface area contributed by atoms with Crippen molar-refractivity contribution >= 4 is 27.2 Å². The van der Waals surface area contributed by atoms with E-state index in [1.807, 2.05) is 0 Å². The monoisotopic (exact) mass is 341 g/mol. The number of carbonyl (C=O) groups excluding carboxylic acids is 1. The number of thiophene rings is 1. The molecule has 0 N–H and O–H groups in total. The Hall–Kier alpha value is -1.19. The van der Waals surface area contributed by atoms with Gasteiger partial charge in [0.1, 0.15) is 0 Å². The van der Waals surface area contributed by atoms with Gasteiger partial charge in [-0.25, -0.2) is 0 Å². The van der Waals surface area contributed by atoms with Crippen molar-refractivity contribution in [1.82, 2.24) is 4.90 Å². The number of fused-ring (bicyclic) bond motifs is 4. The van der Waals surface area contributed by atoms with Crippen LogP contribution in [-0.2, 0) is 6.42 Å². The van der Waals surface area contributed by atoms with Crippen molar-refractivity contribution in [2.45, 2.75) is 52.0 Å². The highest BCUT2D eigenvalue weighted by molar-refractivity contribution is 7.21. The van der Waals surface area contributed by atoms with Crippen LogP contribution >= 0.6 is 11.3 Å². The topological polar surface area (TPSA) is 20.3 Å². The quantitative estimate of drug-likeness (QED) is 0.716. The van der Waals surface area contributed by atoms with Gasteiger partial charge in [0, 0.05) is 16.7 Å². The number of rotatable bonds is 4. The lowest BCUT2D eigenvalue weighted by Crippen LogP contribution is -2.61. The summed E-state index contributed by atoms with van der Waals surface area (Å²) in [4.78, 5) is 16.6. The third-order valence-electron chi connectivity index (χ3n) is 6.52. The molecule has 3 heteroatoms. The number of nitrogens with zero attached hydrogens (tertiary/aromatic N) is 1. The number of Topliss-reactive ketones (excluding diaryl/α,β-unsaturated/α-hetero) is 1. The molecule has 3 fully saturated rings. The molecule has 0 unspecified atom stereocenters. The Morgan fingerprint density at radius 2 is 2.04 bits per heavy atom. The minimum Gasteiger partial charge on any atom is -0.298 e. The van der Waals surface area contributed by atoms with Gasteiger partial charge in [-0.05, 0) is 75.1 Å². The van der Waals surface area contributed by atoms with Gasteiger partial charge in [0.25, 0.3) is 0 Å². The average Bonchev–Trinajstić information content (AvgIpc) is 3.02. The van der Waals surface area contributed by atoms with E-state index in [2.05, 4.69) is 49.9 Å². The minimum atomic E-state index is 0.169. The zero-order valence-electron chi connectivity index (χ0n) is 15.0. The predicted octanol–water partition coefficient (Wildman–Crippen LogP) is 5.16. The Kier molecular flexibility index (Phi) is 4.04. The average molecular weight is 342 g/mol. The molecule has 0 saturated carbocycles. The van der Waals surface area contributed by atoms with E-state index in [0.717, 1.165) is 17.2 Å². The van der Waals surface area contributed by atoms with Crippen molar-refractivity contribution in [2.24, 2.45) is 11.8 Å². The van der Waals surface area contributed by atoms with Gasteiger partial charge >= 0.3 is 0 Å². The summed E-state index contributed by atoms with van der Waals surface area (Å²) in [5.74, 6) is 1.59. The van der Waals surface area contributed by atoms with Gasteiger partial charge in [0.2, 0.25) is 0 Å². The van der Waals surface area contributed by atoms with Crippen LogP contribution in [0.5, 0.6) is 0 Å². The molecule has 2 aromatic rings. The van der Waals surface area contributed by atoms with Gasteiger partial charge < -0.3 is 0 Å². The maximum Gasteiger partial charge on any atom is 0.173 e. The third-order valence-corrected chi connectivity index (χ3v) is 7.79. The van der Waals surface area contributed by atoms with E-state index in [-0.39, 0.29) is 5.54 Å². The van der Waals surface area contributed by atoms with Crippen LogP contribution in [0.15, 0.2) is 24.3 Å². The Labute approximate surface area is 148 Å². The number of benzene rings is 1. The summed E-state index contributed by atoms with van der Waals surface area (Å²) in [6, 6.07) is 8.55. The largest absolute Gasteiger partial charge is 0.298 e. The van der Waals surface area contributed by atoms with E-state index in [4.69, 9.17) is 0 Å². The van der Waals surface area contributed by atoms with Crippen molar-refractivity contribution in [2.75, 3.05) is 13.1 Å². The van der Waals surface area contributed by atoms with Crippen LogP contribution in [0.1, 0.15) is 55.3 Å². The highest BCUT2D eigenvalue weighted by Crippen LogP contribution is 2.46. The number of hydrogen-bond donors (Lipinski definition) is 0. The molecular formula is C21H27NOS. The first-order valence-electron chi connectivity index (χ1n) is 9.30. The standard InChI is InChI=1S/C21H27NOS/c1-4-14-6-5-7-16-12-19(24-20(14)16)18(23)13-17-15-8-10-22(11-9-15)21(17,2)3/h5-7,12,15,17H,4,8-11,13H2,1-3H3/t17-/m1/s1. The van der Waals surface area contributed by atoms with Gasteiger partial charge in [-0.1, -0.05) is 25.1 Å². The molecule has 5 rings (SSSR count). The zero-order valence-corrected chi connectivity index (χ0v) is 15.8. The highest BCUT2D eigenvalue weighted by atomic mass is 32.1. The van der Waals surface area contributed by atoms with Crippen molar-refractivity contribution < 1.29 is 4.79 Å². The van der Waals surface area contributed by atoms with Crippen LogP contribution in [0.4, 0.5) is 0 Å². The summed E-state index contributed by atoms with van der Waals surface area (Å²) < 4.78 is 1.30. The molecule has 1 atom stereocenters. The lowest BCUT2D eigenvalue weighted by Gasteiger charge is -2.56. The normalized spacial score (nSPS) is 28.4. The molecule has 2 nitrogen and oxygen atoms in total. The number of ketones is 1. The molecular weight excluding hydrogens is 314 g/mol. The fraction of sp³-hybridized carbons (Fsp3) is 0.571. The second-order valence-electron chi connectivity index (χ2n) is 8.01. The maximum absolute atomic E-state index is 13.0. The van der Waals surface area contributed by atoms with Crippen molar-refractivity contribution in [3.05, 3.63) is 34.7 Å². The lowest BCUT2D eigenvalue weighted by atomic mass is 9.65. The highest BCUT2D eigenvalue weighted by Gasteiger charge is 2.47. The maximum atomic E-state index is 13.0. The zero-order chi connectivity index (χ0) is 16.9. The molecule has 4 heterocycles. The molecule has 24 heavy (non-hydrogen) atoms. The molecule has 3 aliphatic rings. The molecule has 3 aliphatic heterocycles. The molecule has 1 aromatic heterocycles. The third kappa shape index (κ3) is 2.53. The molecule has 2 bridgehead atoms. The first kappa shape index (κ1) is 16.3. The molecule has 0 amide bonds. The Morgan fingerprint density at radius 3 is 2.71 bits per heavy atom. The van der Waals surface area contributed by atoms with Crippen LogP contribution in [0, 0.1) is 11.8 Å². The number of piperidine rings is 3. The molecule has 128 valence electrons. The summed E-state index contributed by atoms with van der Waals surface area (Å²) in [5.41, 5.74) is 1.53. The Balaban J connectivity index is 1.60. The lowest BCUT2D eigenvalue weighted by molar-refractivity contribution is -0.0643. The summed E-state index contributed by atoms with van der Waals surface area (Å²) in [6.45, 7) is 9.30. The van der Waals surface area contributed by atoms with Crippen molar-refractivity contribution in [3.8, 4) is 0 Å². The molecule has 3 saturated heterocycles. The summed E-state index contributed by atoms with van der Waals surface area (Å²) in [6.07, 6.45) is 4.28. The molecule has 0 aliphatic carbocycles. The van der Waals surface area contributed by atoms with Crippen molar-refractivity contribution in [3.63, 3.8) is 0 Å². The predicted molar refractivity (Wildman–Crippen MR) is 102 cm³/mol. The van der Waals surface area contributed by atoms with Gasteiger partial charge in [0.15, 0.2) is 5.78 Å².